The first-order valence-electron chi connectivity index (χ1n) is 10.8. The molecule has 1 heterocycles. The first-order chi connectivity index (χ1) is 14.2. The molecule has 1 aromatic heterocycles. The summed E-state index contributed by atoms with van der Waals surface area (Å²) in [7, 11) is 0. The predicted molar refractivity (Wildman–Crippen MR) is 125 cm³/mol. The SMILES string of the molecule is CCCCN(CC(=O)N(Cc1ccccc1)Cc1sccc1C)C(=O)CC(C)(C)C. The molecule has 0 atom stereocenters. The van der Waals surface area contributed by atoms with E-state index < -0.39 is 0 Å². The van der Waals surface area contributed by atoms with Gasteiger partial charge in [-0.15, -0.1) is 11.3 Å². The van der Waals surface area contributed by atoms with E-state index in [0.717, 1.165) is 18.4 Å². The van der Waals surface area contributed by atoms with E-state index in [9.17, 15) is 9.59 Å². The van der Waals surface area contributed by atoms with Gasteiger partial charge in [-0.05, 0) is 41.3 Å². The van der Waals surface area contributed by atoms with Crippen molar-refractivity contribution in [2.24, 2.45) is 5.41 Å². The van der Waals surface area contributed by atoms with Crippen molar-refractivity contribution in [2.75, 3.05) is 13.1 Å². The second kappa shape index (κ2) is 11.3. The Morgan fingerprint density at radius 2 is 1.67 bits per heavy atom. The number of rotatable bonds is 10. The summed E-state index contributed by atoms with van der Waals surface area (Å²) in [5.74, 6) is 0.0706. The lowest BCUT2D eigenvalue weighted by Crippen LogP contribution is -2.43. The van der Waals surface area contributed by atoms with Gasteiger partial charge in [0.15, 0.2) is 0 Å². The summed E-state index contributed by atoms with van der Waals surface area (Å²) in [6.07, 6.45) is 2.36. The Morgan fingerprint density at radius 3 is 2.23 bits per heavy atom. The lowest BCUT2D eigenvalue weighted by Gasteiger charge is -2.29. The lowest BCUT2D eigenvalue weighted by molar-refractivity contribution is -0.142. The molecule has 0 N–H and O–H groups in total. The summed E-state index contributed by atoms with van der Waals surface area (Å²) in [5.41, 5.74) is 2.21. The summed E-state index contributed by atoms with van der Waals surface area (Å²) in [6.45, 7) is 12.3. The zero-order valence-corrected chi connectivity index (χ0v) is 19.9. The number of hydrogen-bond donors (Lipinski definition) is 0. The van der Waals surface area contributed by atoms with E-state index in [1.807, 2.05) is 35.2 Å². The normalized spacial score (nSPS) is 11.4. The van der Waals surface area contributed by atoms with E-state index in [1.165, 1.54) is 10.4 Å². The fourth-order valence-corrected chi connectivity index (χ4v) is 4.17. The van der Waals surface area contributed by atoms with Gasteiger partial charge >= 0.3 is 0 Å². The average molecular weight is 429 g/mol. The van der Waals surface area contributed by atoms with Crippen LogP contribution in [-0.2, 0) is 22.7 Å². The molecule has 4 nitrogen and oxygen atoms in total. The molecule has 30 heavy (non-hydrogen) atoms. The van der Waals surface area contributed by atoms with E-state index >= 15 is 0 Å². The molecule has 0 saturated carbocycles. The smallest absolute Gasteiger partial charge is 0.242 e. The first kappa shape index (κ1) is 24.1. The van der Waals surface area contributed by atoms with Gasteiger partial charge in [-0.3, -0.25) is 9.59 Å². The minimum absolute atomic E-state index is 0.00464. The molecule has 5 heteroatoms. The minimum atomic E-state index is -0.0948. The van der Waals surface area contributed by atoms with Crippen LogP contribution in [0.2, 0.25) is 0 Å². The van der Waals surface area contributed by atoms with Gasteiger partial charge in [0.05, 0.1) is 13.1 Å². The topological polar surface area (TPSA) is 40.6 Å². The van der Waals surface area contributed by atoms with Crippen molar-refractivity contribution in [3.8, 4) is 0 Å². The highest BCUT2D eigenvalue weighted by Crippen LogP contribution is 2.22. The molecule has 0 aliphatic heterocycles. The van der Waals surface area contributed by atoms with E-state index in [0.29, 0.717) is 26.1 Å². The maximum atomic E-state index is 13.4. The van der Waals surface area contributed by atoms with Crippen molar-refractivity contribution in [2.45, 2.75) is 67.0 Å². The average Bonchev–Trinajstić information content (AvgIpc) is 3.08. The predicted octanol–water partition coefficient (Wildman–Crippen LogP) is 5.65. The van der Waals surface area contributed by atoms with Crippen molar-refractivity contribution in [3.63, 3.8) is 0 Å². The van der Waals surface area contributed by atoms with Crippen LogP contribution in [0, 0.1) is 12.3 Å². The van der Waals surface area contributed by atoms with Crippen molar-refractivity contribution >= 4 is 23.2 Å². The van der Waals surface area contributed by atoms with Crippen LogP contribution in [0.3, 0.4) is 0 Å². The molecule has 164 valence electrons. The quantitative estimate of drug-likeness (QED) is 0.490. The summed E-state index contributed by atoms with van der Waals surface area (Å²) in [6, 6.07) is 12.1. The van der Waals surface area contributed by atoms with Crippen LogP contribution in [0.5, 0.6) is 0 Å². The van der Waals surface area contributed by atoms with E-state index in [1.54, 1.807) is 16.2 Å². The molecule has 0 aliphatic rings. The third-order valence-corrected chi connectivity index (χ3v) is 6.02. The Hall–Kier alpha value is -2.14. The maximum absolute atomic E-state index is 13.4. The molecule has 0 bridgehead atoms. The molecule has 2 rings (SSSR count). The molecule has 2 aromatic rings. The number of hydrogen-bond acceptors (Lipinski definition) is 3. The van der Waals surface area contributed by atoms with E-state index in [2.05, 4.69) is 46.1 Å². The van der Waals surface area contributed by atoms with Crippen molar-refractivity contribution in [1.82, 2.24) is 9.80 Å². The van der Waals surface area contributed by atoms with Crippen LogP contribution in [0.15, 0.2) is 41.8 Å². The Bertz CT molecular complexity index is 808. The van der Waals surface area contributed by atoms with Crippen LogP contribution in [-0.4, -0.2) is 34.7 Å². The number of thiophene rings is 1. The number of benzene rings is 1. The van der Waals surface area contributed by atoms with Gasteiger partial charge in [0.1, 0.15) is 0 Å². The third-order valence-electron chi connectivity index (χ3n) is 5.01. The Morgan fingerprint density at radius 1 is 0.967 bits per heavy atom. The molecule has 0 radical (unpaired) electrons. The fraction of sp³-hybridized carbons (Fsp3) is 0.520. The fourth-order valence-electron chi connectivity index (χ4n) is 3.25. The van der Waals surface area contributed by atoms with Crippen LogP contribution in [0.4, 0.5) is 0 Å². The number of unbranched alkanes of at least 4 members (excludes halogenated alkanes) is 1. The van der Waals surface area contributed by atoms with E-state index in [4.69, 9.17) is 0 Å². The Balaban J connectivity index is 2.18. The Kier molecular flexibility index (Phi) is 9.09. The maximum Gasteiger partial charge on any atom is 0.242 e. The van der Waals surface area contributed by atoms with Gasteiger partial charge in [0.2, 0.25) is 11.8 Å². The number of carbonyl (C=O) groups is 2. The van der Waals surface area contributed by atoms with Crippen LogP contribution < -0.4 is 0 Å². The third kappa shape index (κ3) is 7.94. The molecule has 0 unspecified atom stereocenters. The molecule has 0 saturated heterocycles. The van der Waals surface area contributed by atoms with Crippen LogP contribution >= 0.6 is 11.3 Å². The summed E-state index contributed by atoms with van der Waals surface area (Å²) in [5, 5.41) is 2.07. The highest BCUT2D eigenvalue weighted by molar-refractivity contribution is 7.10. The molecule has 1 aromatic carbocycles. The Labute approximate surface area is 185 Å². The number of nitrogens with zero attached hydrogens (tertiary/aromatic N) is 2. The highest BCUT2D eigenvalue weighted by atomic mass is 32.1. The monoisotopic (exact) mass is 428 g/mol. The van der Waals surface area contributed by atoms with Crippen LogP contribution in [0.1, 0.15) is 63.0 Å². The molecule has 2 amide bonds. The molecule has 0 fully saturated rings. The number of carbonyl (C=O) groups excluding carboxylic acids is 2. The summed E-state index contributed by atoms with van der Waals surface area (Å²) >= 11 is 1.68. The van der Waals surface area contributed by atoms with Crippen molar-refractivity contribution in [3.05, 3.63) is 57.8 Å². The lowest BCUT2D eigenvalue weighted by atomic mass is 9.91. The zero-order valence-electron chi connectivity index (χ0n) is 19.1. The second-order valence-electron chi connectivity index (χ2n) is 9.17. The van der Waals surface area contributed by atoms with E-state index in [-0.39, 0.29) is 23.8 Å². The largest absolute Gasteiger partial charge is 0.333 e. The zero-order chi connectivity index (χ0) is 22.1. The number of amides is 2. The molecule has 0 spiro atoms. The van der Waals surface area contributed by atoms with Crippen LogP contribution in [0.25, 0.3) is 0 Å². The molecule has 0 aliphatic carbocycles. The van der Waals surface area contributed by atoms with Gasteiger partial charge in [-0.25, -0.2) is 0 Å². The minimum Gasteiger partial charge on any atom is -0.333 e. The standard InChI is InChI=1S/C25H36N2O2S/c1-6-7-14-26(23(28)16-25(3,4)5)19-24(29)27(17-21-11-9-8-10-12-21)18-22-20(2)13-15-30-22/h8-13,15H,6-7,14,16-19H2,1-5H3. The molecular formula is C25H36N2O2S. The van der Waals surface area contributed by atoms with Crippen molar-refractivity contribution < 1.29 is 9.59 Å². The summed E-state index contributed by atoms with van der Waals surface area (Å²) in [4.78, 5) is 31.1. The highest BCUT2D eigenvalue weighted by Gasteiger charge is 2.25. The summed E-state index contributed by atoms with van der Waals surface area (Å²) < 4.78 is 0. The van der Waals surface area contributed by atoms with Gasteiger partial charge in [-0.2, -0.15) is 0 Å². The van der Waals surface area contributed by atoms with Gasteiger partial charge in [0.25, 0.3) is 0 Å². The van der Waals surface area contributed by atoms with Gasteiger partial charge in [-0.1, -0.05) is 64.4 Å². The second-order valence-corrected chi connectivity index (χ2v) is 10.2. The van der Waals surface area contributed by atoms with Crippen molar-refractivity contribution in [1.29, 1.82) is 0 Å². The molecular weight excluding hydrogens is 392 g/mol. The number of aryl methyl sites for hydroxylation is 1. The van der Waals surface area contributed by atoms with Gasteiger partial charge < -0.3 is 9.80 Å². The first-order valence-corrected chi connectivity index (χ1v) is 11.7. The van der Waals surface area contributed by atoms with Gasteiger partial charge in [0, 0.05) is 24.4 Å².